The first-order valence-corrected chi connectivity index (χ1v) is 7.97. The fourth-order valence-electron chi connectivity index (χ4n) is 2.43. The van der Waals surface area contributed by atoms with Crippen molar-refractivity contribution in [1.82, 2.24) is 10.2 Å². The van der Waals surface area contributed by atoms with Gasteiger partial charge in [-0.05, 0) is 66.3 Å². The van der Waals surface area contributed by atoms with Crippen LogP contribution in [0.3, 0.4) is 0 Å². The molecule has 0 aromatic rings. The second kappa shape index (κ2) is 7.45. The van der Waals surface area contributed by atoms with E-state index in [0.717, 1.165) is 38.9 Å². The van der Waals surface area contributed by atoms with Gasteiger partial charge in [-0.3, -0.25) is 0 Å². The molecule has 124 valence electrons. The first-order chi connectivity index (χ1) is 9.63. The van der Waals surface area contributed by atoms with E-state index >= 15 is 0 Å². The molecular weight excluding hydrogens is 268 g/mol. The summed E-state index contributed by atoms with van der Waals surface area (Å²) in [6.45, 7) is 12.6. The van der Waals surface area contributed by atoms with Gasteiger partial charge in [-0.1, -0.05) is 0 Å². The number of aliphatic hydroxyl groups is 1. The number of nitrogens with one attached hydrogen (secondary N) is 1. The van der Waals surface area contributed by atoms with Gasteiger partial charge in [0.05, 0.1) is 0 Å². The van der Waals surface area contributed by atoms with Crippen LogP contribution in [0.15, 0.2) is 0 Å². The lowest BCUT2D eigenvalue weighted by Crippen LogP contribution is -2.46. The molecule has 1 aliphatic rings. The highest BCUT2D eigenvalue weighted by atomic mass is 16.6. The maximum Gasteiger partial charge on any atom is 0.410 e. The molecular formula is C16H32N2O3. The van der Waals surface area contributed by atoms with E-state index in [1.165, 1.54) is 0 Å². The van der Waals surface area contributed by atoms with Crippen LogP contribution in [0.5, 0.6) is 0 Å². The Bertz CT molecular complexity index is 329. The Hall–Kier alpha value is -0.810. The average molecular weight is 300 g/mol. The van der Waals surface area contributed by atoms with Crippen LogP contribution in [0.1, 0.15) is 53.9 Å². The molecule has 1 aliphatic heterocycles. The highest BCUT2D eigenvalue weighted by Crippen LogP contribution is 2.20. The van der Waals surface area contributed by atoms with Crippen LogP contribution in [0.25, 0.3) is 0 Å². The number of aliphatic hydroxyl groups excluding tert-OH is 1. The van der Waals surface area contributed by atoms with Crippen molar-refractivity contribution < 1.29 is 14.6 Å². The standard InChI is InChI=1S/C16H32N2O3/c1-15(2,3)21-14(20)18-9-6-13(7-10-18)12-17-16(4,5)8-11-19/h13,17,19H,6-12H2,1-5H3. The van der Waals surface area contributed by atoms with Crippen LogP contribution in [0.2, 0.25) is 0 Å². The van der Waals surface area contributed by atoms with Gasteiger partial charge in [0.1, 0.15) is 5.60 Å². The molecule has 0 aromatic carbocycles. The number of likely N-dealkylation sites (tertiary alicyclic amines) is 1. The van der Waals surface area contributed by atoms with Crippen LogP contribution < -0.4 is 5.32 Å². The zero-order chi connectivity index (χ0) is 16.1. The molecule has 0 saturated carbocycles. The summed E-state index contributed by atoms with van der Waals surface area (Å²) in [4.78, 5) is 13.8. The predicted molar refractivity (Wildman–Crippen MR) is 84.3 cm³/mol. The number of ether oxygens (including phenoxy) is 1. The molecule has 0 spiro atoms. The van der Waals surface area contributed by atoms with Gasteiger partial charge in [-0.15, -0.1) is 0 Å². The smallest absolute Gasteiger partial charge is 0.410 e. The zero-order valence-electron chi connectivity index (χ0n) is 14.2. The number of nitrogens with zero attached hydrogens (tertiary/aromatic N) is 1. The SMILES string of the molecule is CC(C)(CCO)NCC1CCN(C(=O)OC(C)(C)C)CC1. The summed E-state index contributed by atoms with van der Waals surface area (Å²) >= 11 is 0. The van der Waals surface area contributed by atoms with Crippen molar-refractivity contribution in [2.24, 2.45) is 5.92 Å². The topological polar surface area (TPSA) is 61.8 Å². The summed E-state index contributed by atoms with van der Waals surface area (Å²) in [6, 6.07) is 0. The molecule has 2 N–H and O–H groups in total. The molecule has 0 bridgehead atoms. The van der Waals surface area contributed by atoms with Crippen molar-refractivity contribution in [3.8, 4) is 0 Å². The minimum Gasteiger partial charge on any atom is -0.444 e. The Kier molecular flexibility index (Phi) is 6.47. The van der Waals surface area contributed by atoms with Crippen molar-refractivity contribution in [2.45, 2.75) is 65.0 Å². The Morgan fingerprint density at radius 1 is 1.24 bits per heavy atom. The van der Waals surface area contributed by atoms with Crippen LogP contribution in [0.4, 0.5) is 4.79 Å². The third kappa shape index (κ3) is 7.14. The van der Waals surface area contributed by atoms with E-state index in [-0.39, 0.29) is 18.2 Å². The maximum absolute atomic E-state index is 12.0. The van der Waals surface area contributed by atoms with Gasteiger partial charge in [0.25, 0.3) is 0 Å². The summed E-state index contributed by atoms with van der Waals surface area (Å²) in [6.07, 6.45) is 2.56. The molecule has 0 unspecified atom stereocenters. The Morgan fingerprint density at radius 3 is 2.29 bits per heavy atom. The average Bonchev–Trinajstić information content (AvgIpc) is 2.35. The first-order valence-electron chi connectivity index (χ1n) is 7.97. The van der Waals surface area contributed by atoms with E-state index in [1.54, 1.807) is 4.90 Å². The fourth-order valence-corrected chi connectivity index (χ4v) is 2.43. The molecule has 0 aromatic heterocycles. The van der Waals surface area contributed by atoms with Crippen LogP contribution >= 0.6 is 0 Å². The minimum atomic E-state index is -0.427. The summed E-state index contributed by atoms with van der Waals surface area (Å²) in [5.74, 6) is 0.585. The number of rotatable bonds is 5. The largest absolute Gasteiger partial charge is 0.444 e. The molecule has 0 atom stereocenters. The molecule has 1 amide bonds. The van der Waals surface area contributed by atoms with Crippen LogP contribution in [-0.2, 0) is 4.74 Å². The van der Waals surface area contributed by atoms with E-state index in [4.69, 9.17) is 9.84 Å². The van der Waals surface area contributed by atoms with Crippen molar-refractivity contribution in [2.75, 3.05) is 26.2 Å². The maximum atomic E-state index is 12.0. The zero-order valence-corrected chi connectivity index (χ0v) is 14.2. The molecule has 1 saturated heterocycles. The predicted octanol–water partition coefficient (Wildman–Crippen LogP) is 2.38. The number of hydrogen-bond acceptors (Lipinski definition) is 4. The normalized spacial score (nSPS) is 17.9. The third-order valence-corrected chi connectivity index (χ3v) is 3.87. The van der Waals surface area contributed by atoms with Gasteiger partial charge < -0.3 is 20.1 Å². The quantitative estimate of drug-likeness (QED) is 0.818. The van der Waals surface area contributed by atoms with Gasteiger partial charge in [-0.25, -0.2) is 4.79 Å². The fraction of sp³-hybridized carbons (Fsp3) is 0.938. The summed E-state index contributed by atoms with van der Waals surface area (Å²) in [5.41, 5.74) is -0.457. The van der Waals surface area contributed by atoms with E-state index in [0.29, 0.717) is 5.92 Å². The Balaban J connectivity index is 2.31. The van der Waals surface area contributed by atoms with E-state index in [2.05, 4.69) is 19.2 Å². The van der Waals surface area contributed by atoms with Gasteiger partial charge in [0.15, 0.2) is 0 Å². The Labute approximate surface area is 129 Å². The molecule has 0 radical (unpaired) electrons. The van der Waals surface area contributed by atoms with Crippen molar-refractivity contribution in [1.29, 1.82) is 0 Å². The van der Waals surface area contributed by atoms with Crippen LogP contribution in [-0.4, -0.2) is 53.5 Å². The first kappa shape index (κ1) is 18.2. The molecule has 0 aliphatic carbocycles. The summed E-state index contributed by atoms with van der Waals surface area (Å²) in [5, 5.41) is 12.5. The molecule has 21 heavy (non-hydrogen) atoms. The van der Waals surface area contributed by atoms with E-state index in [1.807, 2.05) is 20.8 Å². The van der Waals surface area contributed by atoms with E-state index in [9.17, 15) is 4.79 Å². The molecule has 1 rings (SSSR count). The highest BCUT2D eigenvalue weighted by Gasteiger charge is 2.27. The number of amides is 1. The van der Waals surface area contributed by atoms with Gasteiger partial charge in [0, 0.05) is 25.2 Å². The molecule has 1 fully saturated rings. The lowest BCUT2D eigenvalue weighted by Gasteiger charge is -2.35. The van der Waals surface area contributed by atoms with E-state index < -0.39 is 5.60 Å². The second-order valence-corrected chi connectivity index (χ2v) is 7.65. The van der Waals surface area contributed by atoms with Crippen LogP contribution in [0, 0.1) is 5.92 Å². The molecule has 1 heterocycles. The number of carbonyl (C=O) groups is 1. The van der Waals surface area contributed by atoms with Crippen molar-refractivity contribution >= 4 is 6.09 Å². The van der Waals surface area contributed by atoms with Gasteiger partial charge in [0.2, 0.25) is 0 Å². The van der Waals surface area contributed by atoms with Gasteiger partial charge in [-0.2, -0.15) is 0 Å². The minimum absolute atomic E-state index is 0.0307. The lowest BCUT2D eigenvalue weighted by atomic mass is 9.94. The van der Waals surface area contributed by atoms with Gasteiger partial charge >= 0.3 is 6.09 Å². The van der Waals surface area contributed by atoms with Crippen molar-refractivity contribution in [3.63, 3.8) is 0 Å². The summed E-state index contributed by atoms with van der Waals surface area (Å²) in [7, 11) is 0. The number of hydrogen-bond donors (Lipinski definition) is 2. The Morgan fingerprint density at radius 2 is 1.81 bits per heavy atom. The molecule has 5 nitrogen and oxygen atoms in total. The third-order valence-electron chi connectivity index (χ3n) is 3.87. The molecule has 5 heteroatoms. The van der Waals surface area contributed by atoms with Crippen molar-refractivity contribution in [3.05, 3.63) is 0 Å². The highest BCUT2D eigenvalue weighted by molar-refractivity contribution is 5.68. The number of piperidine rings is 1. The monoisotopic (exact) mass is 300 g/mol. The second-order valence-electron chi connectivity index (χ2n) is 7.65. The summed E-state index contributed by atoms with van der Waals surface area (Å²) < 4.78 is 5.40. The number of carbonyl (C=O) groups excluding carboxylic acids is 1. The lowest BCUT2D eigenvalue weighted by molar-refractivity contribution is 0.0181.